The summed E-state index contributed by atoms with van der Waals surface area (Å²) in [5, 5.41) is 28.4. The van der Waals surface area contributed by atoms with Crippen molar-refractivity contribution < 1.29 is 72.2 Å². The van der Waals surface area contributed by atoms with Gasteiger partial charge in [-0.15, -0.1) is 0 Å². The molecule has 3 unspecified atom stereocenters. The molecule has 372 valence electrons. The summed E-state index contributed by atoms with van der Waals surface area (Å²) in [6.07, 6.45) is -4.27. The molecular formula is C52H69NO15. The van der Waals surface area contributed by atoms with Crippen LogP contribution in [0.5, 0.6) is 0 Å². The van der Waals surface area contributed by atoms with E-state index >= 15 is 14.4 Å². The number of alkyl carbamates (subject to hydrolysis) is 1. The molecule has 6 rings (SSSR count). The number of aliphatic hydroxyl groups excluding tert-OH is 1. The first-order chi connectivity index (χ1) is 31.9. The van der Waals surface area contributed by atoms with Crippen LogP contribution in [-0.2, 0) is 52.4 Å². The number of carbonyl (C=O) groups is 7. The van der Waals surface area contributed by atoms with Gasteiger partial charge in [-0.05, 0) is 51.8 Å². The fraction of sp³-hybridized carbons (Fsp3) is 0.635. The molecule has 3 N–H and O–H groups in total. The summed E-state index contributed by atoms with van der Waals surface area (Å²) in [7, 11) is 0. The molecule has 4 aliphatic rings. The number of esters is 4. The molecule has 0 spiro atoms. The van der Waals surface area contributed by atoms with E-state index in [0.29, 0.717) is 12.0 Å². The molecule has 0 radical (unpaired) electrons. The Hall–Kier alpha value is -5.19. The van der Waals surface area contributed by atoms with Crippen molar-refractivity contribution in [1.29, 1.82) is 0 Å². The summed E-state index contributed by atoms with van der Waals surface area (Å²) in [5.41, 5.74) is -8.48. The summed E-state index contributed by atoms with van der Waals surface area (Å²) in [5.74, 6) is -9.72. The van der Waals surface area contributed by atoms with Gasteiger partial charge in [0.2, 0.25) is 17.7 Å². The molecule has 4 fully saturated rings. The predicted octanol–water partition coefficient (Wildman–Crippen LogP) is 6.71. The van der Waals surface area contributed by atoms with E-state index in [-0.39, 0.29) is 25.0 Å². The van der Waals surface area contributed by atoms with Crippen LogP contribution in [0.15, 0.2) is 60.7 Å². The molecule has 3 saturated carbocycles. The summed E-state index contributed by atoms with van der Waals surface area (Å²) in [6, 6.07) is 14.8. The van der Waals surface area contributed by atoms with E-state index in [0.717, 1.165) is 39.0 Å². The van der Waals surface area contributed by atoms with Crippen LogP contribution in [0.25, 0.3) is 0 Å². The highest BCUT2D eigenvalue weighted by atomic mass is 16.6. The van der Waals surface area contributed by atoms with Crippen LogP contribution in [0, 0.1) is 28.6 Å². The first-order valence-electron chi connectivity index (χ1n) is 23.9. The van der Waals surface area contributed by atoms with Crippen LogP contribution in [0.2, 0.25) is 0 Å². The second kappa shape index (κ2) is 20.4. The zero-order valence-corrected chi connectivity index (χ0v) is 40.7. The molecular weight excluding hydrogens is 879 g/mol. The summed E-state index contributed by atoms with van der Waals surface area (Å²) < 4.78 is 36.2. The van der Waals surface area contributed by atoms with Crippen molar-refractivity contribution in [3.63, 3.8) is 0 Å². The summed E-state index contributed by atoms with van der Waals surface area (Å²) in [6.45, 7) is 14.0. The Morgan fingerprint density at radius 3 is 2.10 bits per heavy atom. The molecule has 1 aliphatic heterocycles. The van der Waals surface area contributed by atoms with E-state index in [4.69, 9.17) is 28.4 Å². The van der Waals surface area contributed by atoms with E-state index < -0.39 is 130 Å². The lowest BCUT2D eigenvalue weighted by molar-refractivity contribution is -0.350. The average molecular weight is 948 g/mol. The van der Waals surface area contributed by atoms with Gasteiger partial charge in [0.05, 0.1) is 29.6 Å². The molecule has 0 aromatic heterocycles. The number of hydrogen-bond donors (Lipinski definition) is 3. The molecule has 2 bridgehead atoms. The van der Waals surface area contributed by atoms with E-state index in [1.807, 2.05) is 0 Å². The first-order valence-corrected chi connectivity index (χ1v) is 23.9. The number of benzene rings is 2. The lowest BCUT2D eigenvalue weighted by Crippen LogP contribution is -2.82. The largest absolute Gasteiger partial charge is 0.459 e. The number of aliphatic hydroxyl groups is 2. The van der Waals surface area contributed by atoms with Crippen molar-refractivity contribution in [3.05, 3.63) is 71.8 Å². The van der Waals surface area contributed by atoms with E-state index in [2.05, 4.69) is 12.2 Å². The first kappa shape index (κ1) is 52.2. The number of carbonyl (C=O) groups excluding carboxylic acids is 7. The zero-order chi connectivity index (χ0) is 50.0. The third kappa shape index (κ3) is 10.1. The van der Waals surface area contributed by atoms with Crippen molar-refractivity contribution >= 4 is 41.5 Å². The highest BCUT2D eigenvalue weighted by Crippen LogP contribution is 2.64. The Morgan fingerprint density at radius 1 is 0.897 bits per heavy atom. The smallest absolute Gasteiger partial charge is 0.408 e. The SMILES string of the molecule is CCCCCCCCC(=O)O[C@@H](C(=O)O[C@H]1C[C@@]2(O)[C@@H](OC(=O)c3ccccc3)C3[C@](C)(C(=O)C(=O)C(C1C)C2(C)C)[C@@H](O)C[C@H]1OC[C@@]31OC(C)=O)[C@@H](NC(=O)OC(C)(C)C)c1ccccc1. The molecule has 1 heterocycles. The van der Waals surface area contributed by atoms with Gasteiger partial charge in [0, 0.05) is 43.4 Å². The maximum Gasteiger partial charge on any atom is 0.408 e. The average Bonchev–Trinajstić information content (AvgIpc) is 3.27. The zero-order valence-electron chi connectivity index (χ0n) is 40.7. The van der Waals surface area contributed by atoms with Crippen molar-refractivity contribution in [2.45, 2.75) is 173 Å². The van der Waals surface area contributed by atoms with Gasteiger partial charge in [0.15, 0.2) is 5.60 Å². The molecule has 3 aliphatic carbocycles. The minimum Gasteiger partial charge on any atom is -0.459 e. The van der Waals surface area contributed by atoms with Crippen LogP contribution >= 0.6 is 0 Å². The van der Waals surface area contributed by atoms with Crippen LogP contribution in [-0.4, -0.2) is 106 Å². The molecule has 1 amide bonds. The van der Waals surface area contributed by atoms with Crippen LogP contribution in [0.4, 0.5) is 4.79 Å². The Bertz CT molecular complexity index is 2190. The van der Waals surface area contributed by atoms with Gasteiger partial charge in [0.25, 0.3) is 0 Å². The quantitative estimate of drug-likeness (QED) is 0.0688. The number of hydrogen-bond acceptors (Lipinski definition) is 15. The van der Waals surface area contributed by atoms with Crippen molar-refractivity contribution in [2.24, 2.45) is 28.6 Å². The maximum atomic E-state index is 15.1. The number of rotatable bonds is 16. The number of Topliss-reactive ketones (excluding diaryl/α,β-unsaturated/α-hetero) is 2. The van der Waals surface area contributed by atoms with Crippen molar-refractivity contribution in [1.82, 2.24) is 5.32 Å². The summed E-state index contributed by atoms with van der Waals surface area (Å²) >= 11 is 0. The molecule has 68 heavy (non-hydrogen) atoms. The van der Waals surface area contributed by atoms with E-state index in [1.165, 1.54) is 19.1 Å². The minimum atomic E-state index is -2.40. The number of unbranched alkanes of at least 4 members (excludes halogenated alkanes) is 5. The molecule has 12 atom stereocenters. The lowest BCUT2D eigenvalue weighted by atomic mass is 9.42. The standard InChI is InChI=1S/C52H69NO15/c1-10-11-12-13-14-21-26-37(56)65-41(39(32-22-17-15-18-23-32)53-47(61)68-48(4,5)6)46(60)64-34-28-52(62)44(66-45(59)33-24-19-16-20-25-33)42-50(9,43(58)40(57)38(30(34)2)49(52,7)8)35(55)27-36-51(42,29-63-36)67-31(3)54/h15-20,22-25,30,34-36,38-39,41-42,44,55,62H,10-14,21,26-29H2,1-9H3,(H,53,61)/t30?,34-,35-,36+,38?,39-,41+,42?,44-,50+,51-,52+/m0/s1. The highest BCUT2D eigenvalue weighted by molar-refractivity contribution is 6.40. The van der Waals surface area contributed by atoms with Gasteiger partial charge in [-0.1, -0.05) is 108 Å². The molecule has 16 heteroatoms. The highest BCUT2D eigenvalue weighted by Gasteiger charge is 2.79. The number of ketones is 2. The number of ether oxygens (including phenoxy) is 6. The molecule has 2 aromatic carbocycles. The van der Waals surface area contributed by atoms with Crippen LogP contribution < -0.4 is 5.32 Å². The van der Waals surface area contributed by atoms with Gasteiger partial charge in [0.1, 0.15) is 35.6 Å². The molecule has 16 nitrogen and oxygen atoms in total. The predicted molar refractivity (Wildman–Crippen MR) is 244 cm³/mol. The fourth-order valence-electron chi connectivity index (χ4n) is 11.2. The van der Waals surface area contributed by atoms with Gasteiger partial charge in [-0.25, -0.2) is 14.4 Å². The van der Waals surface area contributed by atoms with Crippen LogP contribution in [0.1, 0.15) is 142 Å². The monoisotopic (exact) mass is 947 g/mol. The fourth-order valence-corrected chi connectivity index (χ4v) is 11.2. The van der Waals surface area contributed by atoms with Gasteiger partial charge in [-0.2, -0.15) is 0 Å². The Morgan fingerprint density at radius 2 is 1.51 bits per heavy atom. The summed E-state index contributed by atoms with van der Waals surface area (Å²) in [4.78, 5) is 99.8. The van der Waals surface area contributed by atoms with Gasteiger partial charge < -0.3 is 44.0 Å². The molecule has 1 saturated heterocycles. The van der Waals surface area contributed by atoms with Crippen molar-refractivity contribution in [2.75, 3.05) is 6.61 Å². The Labute approximate surface area is 398 Å². The number of fused-ring (bicyclic) bond motifs is 5. The topological polar surface area (TPSA) is 227 Å². The maximum absolute atomic E-state index is 15.1. The third-order valence-corrected chi connectivity index (χ3v) is 14.8. The van der Waals surface area contributed by atoms with Crippen molar-refractivity contribution in [3.8, 4) is 0 Å². The third-order valence-electron chi connectivity index (χ3n) is 14.8. The van der Waals surface area contributed by atoms with Crippen LogP contribution in [0.3, 0.4) is 0 Å². The number of nitrogens with one attached hydrogen (secondary N) is 1. The lowest BCUT2D eigenvalue weighted by Gasteiger charge is -2.67. The van der Waals surface area contributed by atoms with E-state index in [9.17, 15) is 29.4 Å². The number of amides is 1. The molecule has 2 aromatic rings. The van der Waals surface area contributed by atoms with E-state index in [1.54, 1.807) is 90.1 Å². The minimum absolute atomic E-state index is 0.0500. The Kier molecular flexibility index (Phi) is 15.7. The normalized spacial score (nSPS) is 31.4. The Balaban J connectivity index is 1.46. The van der Waals surface area contributed by atoms with Gasteiger partial charge in [-0.3, -0.25) is 19.2 Å². The second-order valence-corrected chi connectivity index (χ2v) is 20.9. The second-order valence-electron chi connectivity index (χ2n) is 20.9. The van der Waals surface area contributed by atoms with Gasteiger partial charge >= 0.3 is 30.0 Å².